The highest BCUT2D eigenvalue weighted by Gasteiger charge is 2.13. The van der Waals surface area contributed by atoms with Crippen LogP contribution in [-0.4, -0.2) is 11.4 Å². The molecule has 0 amide bonds. The van der Waals surface area contributed by atoms with E-state index in [0.29, 0.717) is 20.5 Å². The maximum absolute atomic E-state index is 13.7. The van der Waals surface area contributed by atoms with Crippen molar-refractivity contribution >= 4 is 33.6 Å². The lowest BCUT2D eigenvalue weighted by Gasteiger charge is -2.05. The van der Waals surface area contributed by atoms with E-state index in [1.807, 2.05) is 6.26 Å². The van der Waals surface area contributed by atoms with Crippen molar-refractivity contribution in [3.8, 4) is 11.1 Å². The first-order valence-corrected chi connectivity index (χ1v) is 6.39. The molecule has 0 aliphatic carbocycles. The van der Waals surface area contributed by atoms with Crippen molar-refractivity contribution in [2.75, 3.05) is 12.0 Å². The van der Waals surface area contributed by atoms with Crippen LogP contribution in [0.3, 0.4) is 0 Å². The Hall–Kier alpha value is -1.01. The third kappa shape index (κ3) is 1.94. The zero-order valence-electron chi connectivity index (χ0n) is 8.33. The van der Waals surface area contributed by atoms with E-state index in [-0.39, 0.29) is 11.7 Å². The highest BCUT2D eigenvalue weighted by Crippen LogP contribution is 2.35. The van der Waals surface area contributed by atoms with Crippen molar-refractivity contribution in [3.05, 3.63) is 28.6 Å². The van der Waals surface area contributed by atoms with Crippen LogP contribution >= 0.6 is 27.7 Å². The van der Waals surface area contributed by atoms with E-state index in [0.717, 1.165) is 0 Å². The van der Waals surface area contributed by atoms with Gasteiger partial charge in [-0.1, -0.05) is 5.16 Å². The molecular formula is C10H8BrFN2OS. The minimum Gasteiger partial charge on any atom is -0.367 e. The minimum absolute atomic E-state index is 0.184. The Morgan fingerprint density at radius 1 is 1.50 bits per heavy atom. The number of nitrogen functional groups attached to an aromatic ring is 1. The van der Waals surface area contributed by atoms with Gasteiger partial charge in [-0.25, -0.2) is 4.39 Å². The van der Waals surface area contributed by atoms with E-state index in [4.69, 9.17) is 10.3 Å². The molecule has 1 aromatic heterocycles. The quantitative estimate of drug-likeness (QED) is 0.862. The predicted octanol–water partition coefficient (Wildman–Crippen LogP) is 3.55. The van der Waals surface area contributed by atoms with Gasteiger partial charge in [0.15, 0.2) is 0 Å². The lowest BCUT2D eigenvalue weighted by atomic mass is 10.1. The number of hydrogen-bond donors (Lipinski definition) is 1. The first-order valence-electron chi connectivity index (χ1n) is 4.37. The van der Waals surface area contributed by atoms with Crippen LogP contribution in [0.25, 0.3) is 11.1 Å². The number of nitrogens with zero attached hydrogens (tertiary/aromatic N) is 1. The molecule has 0 aliphatic heterocycles. The first kappa shape index (κ1) is 11.5. The molecule has 0 spiro atoms. The predicted molar refractivity (Wildman–Crippen MR) is 65.8 cm³/mol. The van der Waals surface area contributed by atoms with Gasteiger partial charge < -0.3 is 10.3 Å². The standard InChI is InChI=1S/C10H8BrFN2OS/c1-16-9-7(11)2-5(3-8(9)12)6-4-14-15-10(6)13/h2-4H,13H2,1H3. The normalized spacial score (nSPS) is 10.7. The van der Waals surface area contributed by atoms with Crippen LogP contribution in [0.15, 0.2) is 32.2 Å². The third-order valence-electron chi connectivity index (χ3n) is 2.11. The van der Waals surface area contributed by atoms with Gasteiger partial charge in [0.1, 0.15) is 5.82 Å². The van der Waals surface area contributed by atoms with Gasteiger partial charge in [0, 0.05) is 4.47 Å². The molecule has 0 aliphatic rings. The number of rotatable bonds is 2. The highest BCUT2D eigenvalue weighted by atomic mass is 79.9. The number of aromatic nitrogens is 1. The molecule has 6 heteroatoms. The zero-order chi connectivity index (χ0) is 11.7. The molecule has 0 saturated carbocycles. The zero-order valence-corrected chi connectivity index (χ0v) is 10.7. The number of nitrogens with two attached hydrogens (primary N) is 1. The molecule has 0 radical (unpaired) electrons. The summed E-state index contributed by atoms with van der Waals surface area (Å²) in [6.45, 7) is 0. The summed E-state index contributed by atoms with van der Waals surface area (Å²) < 4.78 is 19.1. The van der Waals surface area contributed by atoms with Crippen molar-refractivity contribution in [1.29, 1.82) is 0 Å². The fraction of sp³-hybridized carbons (Fsp3) is 0.100. The lowest BCUT2D eigenvalue weighted by Crippen LogP contribution is -1.88. The van der Waals surface area contributed by atoms with E-state index in [1.54, 1.807) is 6.07 Å². The van der Waals surface area contributed by atoms with Gasteiger partial charge in [0.25, 0.3) is 0 Å². The van der Waals surface area contributed by atoms with Crippen molar-refractivity contribution < 1.29 is 8.91 Å². The topological polar surface area (TPSA) is 52.0 Å². The lowest BCUT2D eigenvalue weighted by molar-refractivity contribution is 0.436. The van der Waals surface area contributed by atoms with Crippen LogP contribution in [0, 0.1) is 5.82 Å². The average Bonchev–Trinajstić information content (AvgIpc) is 2.64. The summed E-state index contributed by atoms with van der Waals surface area (Å²) in [6.07, 6.45) is 3.28. The van der Waals surface area contributed by atoms with E-state index in [2.05, 4.69) is 21.1 Å². The second kappa shape index (κ2) is 4.47. The van der Waals surface area contributed by atoms with Crippen LogP contribution in [-0.2, 0) is 0 Å². The van der Waals surface area contributed by atoms with Crippen LogP contribution < -0.4 is 5.73 Å². The first-order chi connectivity index (χ1) is 7.63. The van der Waals surface area contributed by atoms with Gasteiger partial charge in [0.2, 0.25) is 5.88 Å². The van der Waals surface area contributed by atoms with Crippen LogP contribution in [0.1, 0.15) is 0 Å². The monoisotopic (exact) mass is 302 g/mol. The summed E-state index contributed by atoms with van der Waals surface area (Å²) in [5, 5.41) is 3.56. The Labute approximate surface area is 104 Å². The molecule has 0 unspecified atom stereocenters. The molecule has 2 rings (SSSR count). The second-order valence-corrected chi connectivity index (χ2v) is 4.75. The summed E-state index contributed by atoms with van der Waals surface area (Å²) in [4.78, 5) is 0.568. The SMILES string of the molecule is CSc1c(F)cc(-c2cnoc2N)cc1Br. The summed E-state index contributed by atoms with van der Waals surface area (Å²) in [5.41, 5.74) is 6.80. The van der Waals surface area contributed by atoms with Crippen molar-refractivity contribution in [2.45, 2.75) is 4.90 Å². The summed E-state index contributed by atoms with van der Waals surface area (Å²) in [5.74, 6) is -0.110. The van der Waals surface area contributed by atoms with Crippen molar-refractivity contribution in [2.24, 2.45) is 0 Å². The number of anilines is 1. The average molecular weight is 303 g/mol. The van der Waals surface area contributed by atoms with Crippen LogP contribution in [0.4, 0.5) is 10.3 Å². The van der Waals surface area contributed by atoms with Gasteiger partial charge in [-0.3, -0.25) is 0 Å². The third-order valence-corrected chi connectivity index (χ3v) is 3.82. The smallest absolute Gasteiger partial charge is 0.229 e. The Morgan fingerprint density at radius 2 is 2.25 bits per heavy atom. The van der Waals surface area contributed by atoms with E-state index < -0.39 is 0 Å². The Bertz CT molecular complexity index is 506. The van der Waals surface area contributed by atoms with Gasteiger partial charge in [0.05, 0.1) is 16.7 Å². The number of benzene rings is 1. The molecule has 84 valence electrons. The molecule has 0 saturated heterocycles. The molecule has 1 heterocycles. The van der Waals surface area contributed by atoms with E-state index in [1.165, 1.54) is 24.0 Å². The maximum Gasteiger partial charge on any atom is 0.229 e. The molecule has 0 atom stereocenters. The fourth-order valence-electron chi connectivity index (χ4n) is 1.38. The van der Waals surface area contributed by atoms with Crippen molar-refractivity contribution in [1.82, 2.24) is 5.16 Å². The number of halogens is 2. The molecular weight excluding hydrogens is 295 g/mol. The number of hydrogen-bond acceptors (Lipinski definition) is 4. The molecule has 2 N–H and O–H groups in total. The molecule has 16 heavy (non-hydrogen) atoms. The Balaban J connectivity index is 2.57. The molecule has 0 fully saturated rings. The van der Waals surface area contributed by atoms with Crippen molar-refractivity contribution in [3.63, 3.8) is 0 Å². The van der Waals surface area contributed by atoms with Gasteiger partial charge in [-0.15, -0.1) is 11.8 Å². The van der Waals surface area contributed by atoms with E-state index >= 15 is 0 Å². The summed E-state index contributed by atoms with van der Waals surface area (Å²) >= 11 is 4.66. The summed E-state index contributed by atoms with van der Waals surface area (Å²) in [6, 6.07) is 3.21. The van der Waals surface area contributed by atoms with E-state index in [9.17, 15) is 4.39 Å². The highest BCUT2D eigenvalue weighted by molar-refractivity contribution is 9.10. The van der Waals surface area contributed by atoms with Gasteiger partial charge >= 0.3 is 0 Å². The molecule has 3 nitrogen and oxygen atoms in total. The van der Waals surface area contributed by atoms with Gasteiger partial charge in [-0.2, -0.15) is 0 Å². The molecule has 1 aromatic carbocycles. The van der Waals surface area contributed by atoms with Crippen LogP contribution in [0.2, 0.25) is 0 Å². The Morgan fingerprint density at radius 3 is 2.75 bits per heavy atom. The van der Waals surface area contributed by atoms with Crippen LogP contribution in [0.5, 0.6) is 0 Å². The maximum atomic E-state index is 13.7. The Kier molecular flexibility index (Phi) is 3.20. The fourth-order valence-corrected chi connectivity index (χ4v) is 2.81. The molecule has 0 bridgehead atoms. The van der Waals surface area contributed by atoms with Gasteiger partial charge in [-0.05, 0) is 39.9 Å². The second-order valence-electron chi connectivity index (χ2n) is 3.08. The number of thioether (sulfide) groups is 1. The summed E-state index contributed by atoms with van der Waals surface area (Å²) in [7, 11) is 0. The minimum atomic E-state index is -0.294. The largest absolute Gasteiger partial charge is 0.367 e. The molecule has 2 aromatic rings.